The lowest BCUT2D eigenvalue weighted by molar-refractivity contribution is 0.415. The summed E-state index contributed by atoms with van der Waals surface area (Å²) < 4.78 is 5.14. The molecule has 0 unspecified atom stereocenters. The van der Waals surface area contributed by atoms with Crippen molar-refractivity contribution in [1.82, 2.24) is 15.0 Å². The highest BCUT2D eigenvalue weighted by Crippen LogP contribution is 2.25. The van der Waals surface area contributed by atoms with Gasteiger partial charge in [-0.2, -0.15) is 4.98 Å². The van der Waals surface area contributed by atoms with E-state index >= 15 is 0 Å². The predicted octanol–water partition coefficient (Wildman–Crippen LogP) is 3.74. The molecule has 4 aromatic rings. The molecule has 26 heavy (non-hydrogen) atoms. The van der Waals surface area contributed by atoms with E-state index in [-0.39, 0.29) is 5.56 Å². The van der Waals surface area contributed by atoms with E-state index in [0.29, 0.717) is 17.0 Å². The standard InChI is InChI=1S/C20H16N4O2/c1-26-15-9-7-14(8-10-15)22-20-23-18-17(19(25)24-20)16(11-12-21-18)13-5-3-2-4-6-13/h2-12H,1H3,(H2,21,22,23,24,25). The maximum atomic E-state index is 12.7. The van der Waals surface area contributed by atoms with Gasteiger partial charge in [0.05, 0.1) is 12.5 Å². The van der Waals surface area contributed by atoms with Crippen molar-refractivity contribution in [2.75, 3.05) is 12.4 Å². The van der Waals surface area contributed by atoms with Crippen molar-refractivity contribution in [3.63, 3.8) is 0 Å². The lowest BCUT2D eigenvalue weighted by atomic mass is 10.0. The summed E-state index contributed by atoms with van der Waals surface area (Å²) in [7, 11) is 1.61. The van der Waals surface area contributed by atoms with Crippen LogP contribution in [0.3, 0.4) is 0 Å². The Bertz CT molecular complexity index is 1110. The van der Waals surface area contributed by atoms with E-state index in [1.54, 1.807) is 13.3 Å². The van der Waals surface area contributed by atoms with Gasteiger partial charge >= 0.3 is 0 Å². The molecule has 2 N–H and O–H groups in total. The first-order chi connectivity index (χ1) is 12.7. The fourth-order valence-corrected chi connectivity index (χ4v) is 2.79. The highest BCUT2D eigenvalue weighted by atomic mass is 16.5. The molecule has 0 saturated carbocycles. The van der Waals surface area contributed by atoms with E-state index in [0.717, 1.165) is 22.6 Å². The zero-order valence-electron chi connectivity index (χ0n) is 14.1. The number of nitrogens with zero attached hydrogens (tertiary/aromatic N) is 2. The monoisotopic (exact) mass is 344 g/mol. The van der Waals surface area contributed by atoms with Crippen LogP contribution in [0.4, 0.5) is 11.6 Å². The lowest BCUT2D eigenvalue weighted by Gasteiger charge is -2.09. The number of methoxy groups -OCH3 is 1. The van der Waals surface area contributed by atoms with Crippen molar-refractivity contribution in [2.24, 2.45) is 0 Å². The van der Waals surface area contributed by atoms with Crippen LogP contribution in [0, 0.1) is 0 Å². The van der Waals surface area contributed by atoms with Crippen LogP contribution in [0.1, 0.15) is 0 Å². The molecule has 0 atom stereocenters. The number of aromatic amines is 1. The largest absolute Gasteiger partial charge is 0.497 e. The van der Waals surface area contributed by atoms with Crippen LogP contribution in [-0.4, -0.2) is 22.1 Å². The summed E-state index contributed by atoms with van der Waals surface area (Å²) in [5.41, 5.74) is 2.69. The SMILES string of the molecule is COc1ccc(Nc2nc3nccc(-c4ccccc4)c3c(=O)[nH]2)cc1. The summed E-state index contributed by atoms with van der Waals surface area (Å²) in [6.45, 7) is 0. The van der Waals surface area contributed by atoms with Crippen molar-refractivity contribution in [3.05, 3.63) is 77.2 Å². The predicted molar refractivity (Wildman–Crippen MR) is 102 cm³/mol. The summed E-state index contributed by atoms with van der Waals surface area (Å²) >= 11 is 0. The van der Waals surface area contributed by atoms with Gasteiger partial charge in [0, 0.05) is 11.9 Å². The maximum absolute atomic E-state index is 12.7. The lowest BCUT2D eigenvalue weighted by Crippen LogP contribution is -2.13. The summed E-state index contributed by atoms with van der Waals surface area (Å²) in [4.78, 5) is 24.2. The molecular formula is C20H16N4O2. The Morgan fingerprint density at radius 2 is 1.77 bits per heavy atom. The van der Waals surface area contributed by atoms with Crippen LogP contribution in [0.15, 0.2) is 71.7 Å². The second-order valence-electron chi connectivity index (χ2n) is 5.69. The summed E-state index contributed by atoms with van der Waals surface area (Å²) in [5, 5.41) is 3.56. The number of hydrogen-bond donors (Lipinski definition) is 2. The summed E-state index contributed by atoms with van der Waals surface area (Å²) in [5.74, 6) is 1.09. The number of hydrogen-bond acceptors (Lipinski definition) is 5. The number of rotatable bonds is 4. The minimum atomic E-state index is -0.238. The maximum Gasteiger partial charge on any atom is 0.262 e. The number of ether oxygens (including phenoxy) is 1. The van der Waals surface area contributed by atoms with Gasteiger partial charge in [-0.3, -0.25) is 9.78 Å². The fraction of sp³-hybridized carbons (Fsp3) is 0.0500. The van der Waals surface area contributed by atoms with Crippen molar-refractivity contribution in [1.29, 1.82) is 0 Å². The molecule has 4 rings (SSSR count). The van der Waals surface area contributed by atoms with Crippen LogP contribution >= 0.6 is 0 Å². The fourth-order valence-electron chi connectivity index (χ4n) is 2.79. The van der Waals surface area contributed by atoms with Gasteiger partial charge in [-0.25, -0.2) is 4.98 Å². The van der Waals surface area contributed by atoms with Crippen LogP contribution in [0.25, 0.3) is 22.2 Å². The molecule has 0 amide bonds. The van der Waals surface area contributed by atoms with Crippen molar-refractivity contribution in [2.45, 2.75) is 0 Å². The second-order valence-corrected chi connectivity index (χ2v) is 5.69. The topological polar surface area (TPSA) is 79.9 Å². The number of anilines is 2. The molecule has 6 heteroatoms. The van der Waals surface area contributed by atoms with E-state index in [2.05, 4.69) is 20.3 Å². The molecule has 0 aliphatic rings. The van der Waals surface area contributed by atoms with Crippen LogP contribution < -0.4 is 15.6 Å². The smallest absolute Gasteiger partial charge is 0.262 e. The molecule has 2 aromatic carbocycles. The zero-order chi connectivity index (χ0) is 17.9. The third kappa shape index (κ3) is 3.00. The molecule has 128 valence electrons. The van der Waals surface area contributed by atoms with Gasteiger partial charge in [-0.1, -0.05) is 30.3 Å². The third-order valence-corrected chi connectivity index (χ3v) is 4.05. The average Bonchev–Trinajstić information content (AvgIpc) is 2.69. The molecule has 0 aliphatic carbocycles. The minimum Gasteiger partial charge on any atom is -0.497 e. The average molecular weight is 344 g/mol. The quantitative estimate of drug-likeness (QED) is 0.589. The Balaban J connectivity index is 1.76. The molecular weight excluding hydrogens is 328 g/mol. The van der Waals surface area contributed by atoms with Gasteiger partial charge < -0.3 is 10.1 Å². The van der Waals surface area contributed by atoms with E-state index in [1.165, 1.54) is 0 Å². The summed E-state index contributed by atoms with van der Waals surface area (Å²) in [6, 6.07) is 18.9. The molecule has 0 saturated heterocycles. The molecule has 2 heterocycles. The molecule has 2 aromatic heterocycles. The van der Waals surface area contributed by atoms with E-state index in [4.69, 9.17) is 4.74 Å². The number of benzene rings is 2. The molecule has 0 spiro atoms. The highest BCUT2D eigenvalue weighted by Gasteiger charge is 2.11. The highest BCUT2D eigenvalue weighted by molar-refractivity contribution is 5.92. The molecule has 0 bridgehead atoms. The molecule has 0 aliphatic heterocycles. The first-order valence-corrected chi connectivity index (χ1v) is 8.10. The molecule has 0 fully saturated rings. The number of fused-ring (bicyclic) bond motifs is 1. The Kier molecular flexibility index (Phi) is 4.07. The normalized spacial score (nSPS) is 10.7. The van der Waals surface area contributed by atoms with Gasteiger partial charge in [-0.05, 0) is 41.5 Å². The Hall–Kier alpha value is -3.67. The van der Waals surface area contributed by atoms with Crippen molar-refractivity contribution < 1.29 is 4.74 Å². The molecule has 0 radical (unpaired) electrons. The summed E-state index contributed by atoms with van der Waals surface area (Å²) in [6.07, 6.45) is 1.66. The van der Waals surface area contributed by atoms with E-state index < -0.39 is 0 Å². The van der Waals surface area contributed by atoms with Gasteiger partial charge in [0.25, 0.3) is 5.56 Å². The van der Waals surface area contributed by atoms with Gasteiger partial charge in [0.2, 0.25) is 5.95 Å². The Labute approximate surface area is 149 Å². The van der Waals surface area contributed by atoms with Gasteiger partial charge in [0.15, 0.2) is 5.65 Å². The second kappa shape index (κ2) is 6.68. The Morgan fingerprint density at radius 1 is 1.00 bits per heavy atom. The first-order valence-electron chi connectivity index (χ1n) is 8.10. The third-order valence-electron chi connectivity index (χ3n) is 4.05. The number of aromatic nitrogens is 3. The Morgan fingerprint density at radius 3 is 2.50 bits per heavy atom. The zero-order valence-corrected chi connectivity index (χ0v) is 14.1. The van der Waals surface area contributed by atoms with Gasteiger partial charge in [0.1, 0.15) is 5.75 Å². The van der Waals surface area contributed by atoms with Crippen molar-refractivity contribution >= 4 is 22.7 Å². The minimum absolute atomic E-state index is 0.238. The van der Waals surface area contributed by atoms with Crippen LogP contribution in [0.2, 0.25) is 0 Å². The molecule has 6 nitrogen and oxygen atoms in total. The number of pyridine rings is 1. The van der Waals surface area contributed by atoms with Crippen molar-refractivity contribution in [3.8, 4) is 16.9 Å². The number of H-pyrrole nitrogens is 1. The van der Waals surface area contributed by atoms with Crippen LogP contribution in [0.5, 0.6) is 5.75 Å². The van der Waals surface area contributed by atoms with Gasteiger partial charge in [-0.15, -0.1) is 0 Å². The number of nitrogens with one attached hydrogen (secondary N) is 2. The first kappa shape index (κ1) is 15.8. The van der Waals surface area contributed by atoms with Crippen LogP contribution in [-0.2, 0) is 0 Å². The van der Waals surface area contributed by atoms with E-state index in [1.807, 2.05) is 60.7 Å². The van der Waals surface area contributed by atoms with E-state index in [9.17, 15) is 4.79 Å².